The summed E-state index contributed by atoms with van der Waals surface area (Å²) in [5, 5.41) is 0. The maximum atomic E-state index is 12.4. The van der Waals surface area contributed by atoms with E-state index >= 15 is 0 Å². The van der Waals surface area contributed by atoms with Crippen molar-refractivity contribution in [2.45, 2.75) is 57.4 Å². The van der Waals surface area contributed by atoms with Crippen molar-refractivity contribution in [2.75, 3.05) is 21.3 Å². The number of carbonyl (C=O) groups excluding carboxylic acids is 2. The highest BCUT2D eigenvalue weighted by Gasteiger charge is 2.54. The fraction of sp³-hybridized carbons (Fsp3) is 0.875. The third kappa shape index (κ3) is 3.84. The van der Waals surface area contributed by atoms with Crippen LogP contribution in [0.15, 0.2) is 0 Å². The molecule has 0 aromatic heterocycles. The molecule has 0 radical (unpaired) electrons. The first-order valence-electron chi connectivity index (χ1n) is 8.42. The van der Waals surface area contributed by atoms with Crippen LogP contribution < -0.4 is 0 Å². The molecule has 1 atom stereocenters. The van der Waals surface area contributed by atoms with Crippen LogP contribution in [0.2, 0.25) is 6.04 Å². The van der Waals surface area contributed by atoms with E-state index in [1.165, 1.54) is 6.42 Å². The van der Waals surface area contributed by atoms with Gasteiger partial charge in [-0.05, 0) is 31.6 Å². The Morgan fingerprint density at radius 3 is 2.17 bits per heavy atom. The Morgan fingerprint density at radius 2 is 1.70 bits per heavy atom. The van der Waals surface area contributed by atoms with E-state index < -0.39 is 14.2 Å². The fourth-order valence-electron chi connectivity index (χ4n) is 4.11. The smallest absolute Gasteiger partial charge is 0.393 e. The van der Waals surface area contributed by atoms with E-state index in [0.29, 0.717) is 12.5 Å². The normalized spacial score (nSPS) is 26.6. The second kappa shape index (κ2) is 7.87. The third-order valence-electron chi connectivity index (χ3n) is 5.50. The summed E-state index contributed by atoms with van der Waals surface area (Å²) < 4.78 is 21.2. The minimum Gasteiger partial charge on any atom is -0.393 e. The molecule has 2 fully saturated rings. The van der Waals surface area contributed by atoms with Crippen LogP contribution in [0.25, 0.3) is 0 Å². The van der Waals surface area contributed by atoms with Crippen LogP contribution in [-0.2, 0) is 27.6 Å². The van der Waals surface area contributed by atoms with Gasteiger partial charge < -0.3 is 18.0 Å². The van der Waals surface area contributed by atoms with Gasteiger partial charge in [0.2, 0.25) is 0 Å². The van der Waals surface area contributed by atoms with Crippen molar-refractivity contribution in [1.82, 2.24) is 0 Å². The summed E-state index contributed by atoms with van der Waals surface area (Å²) in [4.78, 5) is 24.2. The standard InChI is InChI=1S/C16H28O6Si/c1-19-23(20-2,21-3)11-7-10-16(12-14(17)22-15(16)18)13-8-5-4-6-9-13/h13H,4-12H2,1-3H3. The summed E-state index contributed by atoms with van der Waals surface area (Å²) in [6.45, 7) is 0. The molecule has 0 aromatic rings. The number of cyclic esters (lactones) is 2. The molecule has 0 spiro atoms. The van der Waals surface area contributed by atoms with Crippen molar-refractivity contribution in [3.8, 4) is 0 Å². The van der Waals surface area contributed by atoms with Gasteiger partial charge in [0.1, 0.15) is 0 Å². The van der Waals surface area contributed by atoms with Crippen LogP contribution >= 0.6 is 0 Å². The van der Waals surface area contributed by atoms with Gasteiger partial charge in [-0.2, -0.15) is 0 Å². The topological polar surface area (TPSA) is 71.1 Å². The van der Waals surface area contributed by atoms with Gasteiger partial charge in [-0.25, -0.2) is 0 Å². The number of hydrogen-bond acceptors (Lipinski definition) is 6. The van der Waals surface area contributed by atoms with Crippen molar-refractivity contribution in [2.24, 2.45) is 11.3 Å². The van der Waals surface area contributed by atoms with Crippen LogP contribution in [-0.4, -0.2) is 42.1 Å². The summed E-state index contributed by atoms with van der Waals surface area (Å²) >= 11 is 0. The molecule has 1 saturated carbocycles. The quantitative estimate of drug-likeness (QED) is 0.383. The van der Waals surface area contributed by atoms with E-state index in [4.69, 9.17) is 18.0 Å². The third-order valence-corrected chi connectivity index (χ3v) is 8.33. The molecule has 2 rings (SSSR count). The van der Waals surface area contributed by atoms with Crippen molar-refractivity contribution >= 4 is 20.7 Å². The number of esters is 2. The second-order valence-electron chi connectivity index (χ2n) is 6.58. The molecule has 0 bridgehead atoms. The minimum atomic E-state index is -2.65. The lowest BCUT2D eigenvalue weighted by Gasteiger charge is -2.36. The molecule has 2 aliphatic rings. The zero-order valence-corrected chi connectivity index (χ0v) is 15.4. The number of hydrogen-bond donors (Lipinski definition) is 0. The summed E-state index contributed by atoms with van der Waals surface area (Å²) in [5.41, 5.74) is -0.646. The highest BCUT2D eigenvalue weighted by molar-refractivity contribution is 6.60. The van der Waals surface area contributed by atoms with E-state index in [1.807, 2.05) is 0 Å². The van der Waals surface area contributed by atoms with Crippen LogP contribution in [0.1, 0.15) is 51.4 Å². The SMILES string of the molecule is CO[Si](CCCC1(C2CCCCC2)CC(=O)OC1=O)(OC)OC. The first-order chi connectivity index (χ1) is 11.0. The molecule has 7 heteroatoms. The van der Waals surface area contributed by atoms with Crippen LogP contribution in [0, 0.1) is 11.3 Å². The Hall–Kier alpha value is -0.763. The average Bonchev–Trinajstić information content (AvgIpc) is 2.87. The van der Waals surface area contributed by atoms with Crippen LogP contribution in [0.3, 0.4) is 0 Å². The molecule has 1 saturated heterocycles. The van der Waals surface area contributed by atoms with Gasteiger partial charge in [-0.3, -0.25) is 9.59 Å². The predicted molar refractivity (Wildman–Crippen MR) is 85.5 cm³/mol. The Balaban J connectivity index is 2.07. The first kappa shape index (κ1) is 18.6. The lowest BCUT2D eigenvalue weighted by Crippen LogP contribution is -2.43. The summed E-state index contributed by atoms with van der Waals surface area (Å²) in [7, 11) is 2.11. The van der Waals surface area contributed by atoms with Gasteiger partial charge in [0.15, 0.2) is 0 Å². The molecular formula is C16H28O6Si. The van der Waals surface area contributed by atoms with Crippen LogP contribution in [0.5, 0.6) is 0 Å². The van der Waals surface area contributed by atoms with Gasteiger partial charge in [-0.15, -0.1) is 0 Å². The van der Waals surface area contributed by atoms with Gasteiger partial charge >= 0.3 is 20.7 Å². The Morgan fingerprint density at radius 1 is 1.09 bits per heavy atom. The van der Waals surface area contributed by atoms with E-state index in [-0.39, 0.29) is 24.3 Å². The van der Waals surface area contributed by atoms with E-state index in [0.717, 1.165) is 32.1 Å². The molecule has 1 heterocycles. The summed E-state index contributed by atoms with van der Waals surface area (Å²) in [5.74, 6) is -0.456. The highest BCUT2D eigenvalue weighted by Crippen LogP contribution is 2.49. The maximum absolute atomic E-state index is 12.4. The molecule has 1 aliphatic carbocycles. The lowest BCUT2D eigenvalue weighted by molar-refractivity contribution is -0.157. The molecule has 23 heavy (non-hydrogen) atoms. The van der Waals surface area contributed by atoms with E-state index in [1.54, 1.807) is 21.3 Å². The first-order valence-corrected chi connectivity index (χ1v) is 10.4. The minimum absolute atomic E-state index is 0.220. The van der Waals surface area contributed by atoms with Gasteiger partial charge in [0, 0.05) is 27.4 Å². The summed E-state index contributed by atoms with van der Waals surface area (Å²) in [6, 6.07) is 0.631. The molecule has 0 amide bonds. The fourth-order valence-corrected chi connectivity index (χ4v) is 5.83. The zero-order chi connectivity index (χ0) is 16.9. The monoisotopic (exact) mass is 344 g/mol. The van der Waals surface area contributed by atoms with Gasteiger partial charge in [0.25, 0.3) is 0 Å². The van der Waals surface area contributed by atoms with Crippen molar-refractivity contribution in [3.63, 3.8) is 0 Å². The van der Waals surface area contributed by atoms with Gasteiger partial charge in [-0.1, -0.05) is 19.3 Å². The molecular weight excluding hydrogens is 316 g/mol. The maximum Gasteiger partial charge on any atom is 0.500 e. The molecule has 0 N–H and O–H groups in total. The number of rotatable bonds is 8. The zero-order valence-electron chi connectivity index (χ0n) is 14.4. The van der Waals surface area contributed by atoms with Gasteiger partial charge in [0.05, 0.1) is 11.8 Å². The Bertz CT molecular complexity index is 422. The summed E-state index contributed by atoms with van der Waals surface area (Å²) in [6.07, 6.45) is 7.05. The molecule has 132 valence electrons. The van der Waals surface area contributed by atoms with Crippen LogP contribution in [0.4, 0.5) is 0 Å². The van der Waals surface area contributed by atoms with E-state index in [2.05, 4.69) is 0 Å². The van der Waals surface area contributed by atoms with Crippen molar-refractivity contribution < 1.29 is 27.6 Å². The lowest BCUT2D eigenvalue weighted by atomic mass is 9.65. The Kier molecular flexibility index (Phi) is 6.36. The Labute approximate surface area is 139 Å². The molecule has 0 aromatic carbocycles. The molecule has 1 aliphatic heterocycles. The second-order valence-corrected chi connectivity index (χ2v) is 9.67. The molecule has 1 unspecified atom stereocenters. The number of ether oxygens (including phenoxy) is 1. The molecule has 6 nitrogen and oxygen atoms in total. The van der Waals surface area contributed by atoms with E-state index in [9.17, 15) is 9.59 Å². The number of carbonyl (C=O) groups is 2. The average molecular weight is 344 g/mol. The predicted octanol–water partition coefficient (Wildman–Crippen LogP) is 2.68. The van der Waals surface area contributed by atoms with Crippen molar-refractivity contribution in [3.05, 3.63) is 0 Å². The highest BCUT2D eigenvalue weighted by atomic mass is 28.4. The largest absolute Gasteiger partial charge is 0.500 e. The van der Waals surface area contributed by atoms with Crippen molar-refractivity contribution in [1.29, 1.82) is 0 Å².